The molecule has 39 heavy (non-hydrogen) atoms. The second kappa shape index (κ2) is 10.9. The molecule has 2 fully saturated rings. The molecule has 2 saturated carbocycles. The fraction of sp³-hybridized carbons (Fsp3) is 0.643. The van der Waals surface area contributed by atoms with Crippen molar-refractivity contribution < 1.29 is 20.1 Å². The standard InChI is InChI=1S/C28H40N6O4S/c1-15-20(25-32-21-16(2)29-12-9-19(21)39-25)24(31-18-13-17(27(3,4)37)22(35)23(18)36)33-26(30-15)34-28(14-38-5)10-7-6-8-11-28/h9,12,17-18,22-23,35-37H,6-8,10-11,13-14H2,1-5H3,(H2,30,31,33,34)/t17-,18+,22+,23-/m0/s1. The fourth-order valence-electron chi connectivity index (χ4n) is 6.18. The number of pyridine rings is 1. The van der Waals surface area contributed by atoms with Gasteiger partial charge in [0.2, 0.25) is 5.95 Å². The number of hydrogen-bond donors (Lipinski definition) is 5. The number of fused-ring (bicyclic) bond motifs is 1. The minimum atomic E-state index is -1.14. The van der Waals surface area contributed by atoms with Crippen molar-refractivity contribution in [3.63, 3.8) is 0 Å². The quantitative estimate of drug-likeness (QED) is 0.278. The Morgan fingerprint density at radius 3 is 2.46 bits per heavy atom. The number of nitrogens with zero attached hydrogens (tertiary/aromatic N) is 4. The lowest BCUT2D eigenvalue weighted by Crippen LogP contribution is -2.45. The van der Waals surface area contributed by atoms with E-state index in [-0.39, 0.29) is 5.54 Å². The van der Waals surface area contributed by atoms with E-state index in [2.05, 4.69) is 15.6 Å². The van der Waals surface area contributed by atoms with Crippen molar-refractivity contribution in [1.29, 1.82) is 0 Å². The molecule has 3 heterocycles. The third-order valence-electron chi connectivity index (χ3n) is 8.31. The molecule has 4 atom stereocenters. The number of anilines is 2. The van der Waals surface area contributed by atoms with E-state index in [1.807, 2.05) is 19.9 Å². The van der Waals surface area contributed by atoms with E-state index < -0.39 is 29.8 Å². The summed E-state index contributed by atoms with van der Waals surface area (Å²) in [6.45, 7) is 7.76. The highest BCUT2D eigenvalue weighted by Crippen LogP contribution is 2.41. The zero-order chi connectivity index (χ0) is 27.9. The predicted octanol–water partition coefficient (Wildman–Crippen LogP) is 3.82. The number of nitrogens with one attached hydrogen (secondary N) is 2. The summed E-state index contributed by atoms with van der Waals surface area (Å²) in [5, 5.41) is 40.1. The molecule has 5 N–H and O–H groups in total. The molecule has 3 aromatic rings. The fourth-order valence-corrected chi connectivity index (χ4v) is 7.29. The second-order valence-corrected chi connectivity index (χ2v) is 12.8. The van der Waals surface area contributed by atoms with Crippen LogP contribution in [-0.4, -0.2) is 78.4 Å². The zero-order valence-corrected chi connectivity index (χ0v) is 24.2. The van der Waals surface area contributed by atoms with Gasteiger partial charge in [0.25, 0.3) is 0 Å². The van der Waals surface area contributed by atoms with Gasteiger partial charge in [-0.3, -0.25) is 4.98 Å². The van der Waals surface area contributed by atoms with Gasteiger partial charge in [-0.25, -0.2) is 9.97 Å². The summed E-state index contributed by atoms with van der Waals surface area (Å²) < 4.78 is 6.62. The van der Waals surface area contributed by atoms with E-state index in [9.17, 15) is 15.3 Å². The molecule has 0 amide bonds. The predicted molar refractivity (Wildman–Crippen MR) is 153 cm³/mol. The van der Waals surface area contributed by atoms with Crippen LogP contribution in [0.4, 0.5) is 11.8 Å². The molecule has 0 spiro atoms. The van der Waals surface area contributed by atoms with Gasteiger partial charge >= 0.3 is 0 Å². The summed E-state index contributed by atoms with van der Waals surface area (Å²) in [5.74, 6) is 0.534. The van der Waals surface area contributed by atoms with Crippen LogP contribution >= 0.6 is 11.3 Å². The number of aryl methyl sites for hydroxylation is 2. The molecule has 3 aromatic heterocycles. The highest BCUT2D eigenvalue weighted by Gasteiger charge is 2.48. The van der Waals surface area contributed by atoms with Crippen LogP contribution in [0.5, 0.6) is 0 Å². The molecule has 0 saturated heterocycles. The highest BCUT2D eigenvalue weighted by molar-refractivity contribution is 7.21. The van der Waals surface area contributed by atoms with Crippen LogP contribution in [0.15, 0.2) is 12.3 Å². The molecule has 10 nitrogen and oxygen atoms in total. The first-order chi connectivity index (χ1) is 18.5. The molecule has 0 radical (unpaired) electrons. The van der Waals surface area contributed by atoms with E-state index in [4.69, 9.17) is 19.7 Å². The number of rotatable bonds is 8. The van der Waals surface area contributed by atoms with Crippen molar-refractivity contribution in [2.45, 2.75) is 95.6 Å². The minimum absolute atomic E-state index is 0.244. The van der Waals surface area contributed by atoms with Gasteiger partial charge in [-0.1, -0.05) is 19.3 Å². The maximum atomic E-state index is 11.0. The Labute approximate surface area is 233 Å². The van der Waals surface area contributed by atoms with E-state index in [1.165, 1.54) is 6.42 Å². The molecule has 2 aliphatic rings. The summed E-state index contributed by atoms with van der Waals surface area (Å²) in [6.07, 6.45) is 5.40. The van der Waals surface area contributed by atoms with Crippen LogP contribution < -0.4 is 10.6 Å². The van der Waals surface area contributed by atoms with E-state index in [0.29, 0.717) is 24.8 Å². The Kier molecular flexibility index (Phi) is 7.82. The van der Waals surface area contributed by atoms with Crippen molar-refractivity contribution in [2.75, 3.05) is 24.4 Å². The summed E-state index contributed by atoms with van der Waals surface area (Å²) in [6, 6.07) is 1.43. The average Bonchev–Trinajstić information content (AvgIpc) is 3.42. The van der Waals surface area contributed by atoms with Gasteiger partial charge in [0.1, 0.15) is 22.4 Å². The lowest BCUT2D eigenvalue weighted by Gasteiger charge is -2.37. The first kappa shape index (κ1) is 28.1. The van der Waals surface area contributed by atoms with Crippen molar-refractivity contribution in [1.82, 2.24) is 19.9 Å². The van der Waals surface area contributed by atoms with Crippen LogP contribution in [0.2, 0.25) is 0 Å². The van der Waals surface area contributed by atoms with E-state index >= 15 is 0 Å². The smallest absolute Gasteiger partial charge is 0.225 e. The van der Waals surface area contributed by atoms with Crippen LogP contribution in [-0.2, 0) is 4.74 Å². The lowest BCUT2D eigenvalue weighted by atomic mass is 9.82. The maximum Gasteiger partial charge on any atom is 0.225 e. The van der Waals surface area contributed by atoms with Gasteiger partial charge in [0.05, 0.1) is 51.5 Å². The molecule has 2 aliphatic carbocycles. The Hall–Kier alpha value is -2.44. The average molecular weight is 557 g/mol. The molecule has 0 unspecified atom stereocenters. The number of thiazole rings is 1. The number of methoxy groups -OCH3 is 1. The summed E-state index contributed by atoms with van der Waals surface area (Å²) in [7, 11) is 1.72. The largest absolute Gasteiger partial charge is 0.390 e. The highest BCUT2D eigenvalue weighted by atomic mass is 32.1. The third-order valence-corrected chi connectivity index (χ3v) is 9.35. The zero-order valence-electron chi connectivity index (χ0n) is 23.4. The van der Waals surface area contributed by atoms with Crippen molar-refractivity contribution in [3.05, 3.63) is 23.7 Å². The lowest BCUT2D eigenvalue weighted by molar-refractivity contribution is -0.0601. The van der Waals surface area contributed by atoms with Gasteiger partial charge in [0, 0.05) is 19.2 Å². The molecule has 11 heteroatoms. The SMILES string of the molecule is COCC1(Nc2nc(C)c(-c3nc4c(C)nccc4s3)c(N[C@@H]3C[C@H](C(C)(C)O)[C@@H](O)[C@H]3O)n2)CCCCC1. The van der Waals surface area contributed by atoms with Gasteiger partial charge in [0.15, 0.2) is 0 Å². The maximum absolute atomic E-state index is 11.0. The molecule has 0 aromatic carbocycles. The van der Waals surface area contributed by atoms with Crippen LogP contribution in [0.25, 0.3) is 20.8 Å². The normalized spacial score (nSPS) is 25.2. The molecular weight excluding hydrogens is 516 g/mol. The Bertz CT molecular complexity index is 1310. The van der Waals surface area contributed by atoms with Crippen molar-refractivity contribution in [3.8, 4) is 10.6 Å². The summed E-state index contributed by atoms with van der Waals surface area (Å²) in [4.78, 5) is 19.1. The number of ether oxygens (including phenoxy) is 1. The van der Waals surface area contributed by atoms with Gasteiger partial charge in [-0.2, -0.15) is 4.98 Å². The number of aliphatic hydroxyl groups is 3. The summed E-state index contributed by atoms with van der Waals surface area (Å²) in [5.41, 5.74) is 1.80. The van der Waals surface area contributed by atoms with Crippen LogP contribution in [0.3, 0.4) is 0 Å². The first-order valence-electron chi connectivity index (χ1n) is 13.7. The number of aromatic nitrogens is 4. The van der Waals surface area contributed by atoms with E-state index in [0.717, 1.165) is 57.9 Å². The van der Waals surface area contributed by atoms with E-state index in [1.54, 1.807) is 38.5 Å². The molecular formula is C28H40N6O4S. The monoisotopic (exact) mass is 556 g/mol. The Morgan fingerprint density at radius 1 is 1.08 bits per heavy atom. The Morgan fingerprint density at radius 2 is 1.82 bits per heavy atom. The minimum Gasteiger partial charge on any atom is -0.390 e. The first-order valence-corrected chi connectivity index (χ1v) is 14.6. The molecule has 0 aliphatic heterocycles. The molecule has 0 bridgehead atoms. The van der Waals surface area contributed by atoms with Crippen molar-refractivity contribution in [2.24, 2.45) is 5.92 Å². The van der Waals surface area contributed by atoms with Crippen molar-refractivity contribution >= 4 is 33.3 Å². The number of hydrogen-bond acceptors (Lipinski definition) is 11. The van der Waals surface area contributed by atoms with Crippen LogP contribution in [0.1, 0.15) is 63.8 Å². The topological polar surface area (TPSA) is 146 Å². The second-order valence-electron chi connectivity index (χ2n) is 11.7. The molecule has 212 valence electrons. The third kappa shape index (κ3) is 5.60. The number of aliphatic hydroxyl groups excluding tert-OH is 2. The Balaban J connectivity index is 1.57. The molecule has 5 rings (SSSR count). The van der Waals surface area contributed by atoms with Gasteiger partial charge in [-0.05, 0) is 53.0 Å². The van der Waals surface area contributed by atoms with Crippen LogP contribution in [0, 0.1) is 19.8 Å². The summed E-state index contributed by atoms with van der Waals surface area (Å²) >= 11 is 1.54. The van der Waals surface area contributed by atoms with Gasteiger partial charge in [-0.15, -0.1) is 11.3 Å². The van der Waals surface area contributed by atoms with Gasteiger partial charge < -0.3 is 30.7 Å².